The Morgan fingerprint density at radius 2 is 2.00 bits per heavy atom. The van der Waals surface area contributed by atoms with Crippen molar-refractivity contribution in [2.45, 2.75) is 49.6 Å². The monoisotopic (exact) mass is 289 g/mol. The zero-order valence-electron chi connectivity index (χ0n) is 12.7. The highest BCUT2D eigenvalue weighted by atomic mass is 32.2. The normalized spacial score (nSPS) is 12.7. The molecule has 4 heteroatoms. The van der Waals surface area contributed by atoms with E-state index in [2.05, 4.69) is 50.1 Å². The summed E-state index contributed by atoms with van der Waals surface area (Å²) in [6.07, 6.45) is 1.88. The van der Waals surface area contributed by atoms with Crippen molar-refractivity contribution in [1.29, 1.82) is 0 Å². The van der Waals surface area contributed by atoms with Crippen LogP contribution in [0.1, 0.15) is 30.2 Å². The molecule has 1 atom stereocenters. The molecule has 1 aromatic carbocycles. The van der Waals surface area contributed by atoms with E-state index >= 15 is 0 Å². The summed E-state index contributed by atoms with van der Waals surface area (Å²) >= 11 is 1.79. The molecule has 0 spiro atoms. The maximum absolute atomic E-state index is 6.13. The van der Waals surface area contributed by atoms with Crippen LogP contribution < -0.4 is 5.73 Å². The number of aryl methyl sites for hydroxylation is 3. The van der Waals surface area contributed by atoms with Gasteiger partial charge in [0.1, 0.15) is 5.03 Å². The van der Waals surface area contributed by atoms with Crippen molar-refractivity contribution in [3.05, 3.63) is 41.1 Å². The Morgan fingerprint density at radius 3 is 2.65 bits per heavy atom. The third-order valence-corrected chi connectivity index (χ3v) is 4.96. The fourth-order valence-electron chi connectivity index (χ4n) is 2.23. The molecular weight excluding hydrogens is 266 g/mol. The van der Waals surface area contributed by atoms with Crippen molar-refractivity contribution < 1.29 is 0 Å². The van der Waals surface area contributed by atoms with Crippen molar-refractivity contribution >= 4 is 11.8 Å². The highest BCUT2D eigenvalue weighted by molar-refractivity contribution is 7.99. The fraction of sp³-hybridized carbons (Fsp3) is 0.438. The van der Waals surface area contributed by atoms with Crippen LogP contribution in [0.25, 0.3) is 0 Å². The first-order valence-electron chi connectivity index (χ1n) is 7.04. The van der Waals surface area contributed by atoms with E-state index in [0.29, 0.717) is 0 Å². The summed E-state index contributed by atoms with van der Waals surface area (Å²) in [5.41, 5.74) is 9.80. The first-order chi connectivity index (χ1) is 9.52. The third kappa shape index (κ3) is 3.25. The molecule has 0 saturated carbocycles. The molecule has 0 bridgehead atoms. The van der Waals surface area contributed by atoms with Gasteiger partial charge in [-0.3, -0.25) is 4.68 Å². The van der Waals surface area contributed by atoms with E-state index in [0.717, 1.165) is 18.5 Å². The van der Waals surface area contributed by atoms with E-state index in [-0.39, 0.29) is 6.04 Å². The standard InChI is InChI=1S/C16H23N3S/c1-5-13(17)10-14-12(3)18-19(4)16(14)20-15-9-7-6-8-11(15)2/h6-9,13H,5,10,17H2,1-4H3. The number of rotatable bonds is 5. The predicted molar refractivity (Wildman–Crippen MR) is 85.2 cm³/mol. The van der Waals surface area contributed by atoms with Crippen LogP contribution in [0.2, 0.25) is 0 Å². The van der Waals surface area contributed by atoms with E-state index in [1.54, 1.807) is 11.8 Å². The molecule has 1 unspecified atom stereocenters. The average molecular weight is 289 g/mol. The lowest BCUT2D eigenvalue weighted by molar-refractivity contribution is 0.631. The van der Waals surface area contributed by atoms with E-state index < -0.39 is 0 Å². The SMILES string of the molecule is CCC(N)Cc1c(C)nn(C)c1Sc1ccccc1C. The van der Waals surface area contributed by atoms with E-state index in [4.69, 9.17) is 5.73 Å². The third-order valence-electron chi connectivity index (χ3n) is 3.58. The maximum Gasteiger partial charge on any atom is 0.102 e. The molecule has 2 rings (SSSR count). The molecule has 2 aromatic rings. The Bertz CT molecular complexity index is 589. The van der Waals surface area contributed by atoms with Gasteiger partial charge in [0.25, 0.3) is 0 Å². The first-order valence-corrected chi connectivity index (χ1v) is 7.86. The molecule has 0 aliphatic carbocycles. The van der Waals surface area contributed by atoms with Gasteiger partial charge in [-0.05, 0) is 38.3 Å². The summed E-state index contributed by atoms with van der Waals surface area (Å²) in [6, 6.07) is 8.65. The molecule has 2 N–H and O–H groups in total. The van der Waals surface area contributed by atoms with Crippen LogP contribution in [0.15, 0.2) is 34.2 Å². The second-order valence-corrected chi connectivity index (χ2v) is 6.26. The Labute approximate surface area is 125 Å². The van der Waals surface area contributed by atoms with Gasteiger partial charge >= 0.3 is 0 Å². The minimum absolute atomic E-state index is 0.203. The number of hydrogen-bond donors (Lipinski definition) is 1. The summed E-state index contributed by atoms with van der Waals surface area (Å²) in [4.78, 5) is 1.28. The van der Waals surface area contributed by atoms with Gasteiger partial charge in [-0.2, -0.15) is 5.10 Å². The second-order valence-electron chi connectivity index (χ2n) is 5.23. The topological polar surface area (TPSA) is 43.8 Å². The van der Waals surface area contributed by atoms with Crippen LogP contribution in [0, 0.1) is 13.8 Å². The van der Waals surface area contributed by atoms with E-state index in [1.165, 1.54) is 21.0 Å². The van der Waals surface area contributed by atoms with Crippen LogP contribution in [-0.2, 0) is 13.5 Å². The van der Waals surface area contributed by atoms with Crippen LogP contribution in [0.4, 0.5) is 0 Å². The molecule has 0 radical (unpaired) electrons. The molecule has 108 valence electrons. The summed E-state index contributed by atoms with van der Waals surface area (Å²) in [5.74, 6) is 0. The number of benzene rings is 1. The van der Waals surface area contributed by atoms with Gasteiger partial charge < -0.3 is 5.73 Å². The van der Waals surface area contributed by atoms with Crippen LogP contribution in [0.3, 0.4) is 0 Å². The Morgan fingerprint density at radius 1 is 1.30 bits per heavy atom. The zero-order chi connectivity index (χ0) is 14.7. The van der Waals surface area contributed by atoms with E-state index in [1.807, 2.05) is 11.7 Å². The van der Waals surface area contributed by atoms with Crippen molar-refractivity contribution in [2.75, 3.05) is 0 Å². The molecule has 0 fully saturated rings. The molecular formula is C16H23N3S. The lowest BCUT2D eigenvalue weighted by Crippen LogP contribution is -2.21. The lowest BCUT2D eigenvalue weighted by atomic mass is 10.1. The summed E-state index contributed by atoms with van der Waals surface area (Å²) in [5, 5.41) is 5.77. The molecule has 0 amide bonds. The van der Waals surface area contributed by atoms with Crippen LogP contribution >= 0.6 is 11.8 Å². The number of aromatic nitrogens is 2. The van der Waals surface area contributed by atoms with E-state index in [9.17, 15) is 0 Å². The van der Waals surface area contributed by atoms with Gasteiger partial charge in [0.05, 0.1) is 5.69 Å². The van der Waals surface area contributed by atoms with Crippen molar-refractivity contribution in [3.8, 4) is 0 Å². The average Bonchev–Trinajstić information content (AvgIpc) is 2.68. The highest BCUT2D eigenvalue weighted by Crippen LogP contribution is 2.34. The largest absolute Gasteiger partial charge is 0.327 e. The van der Waals surface area contributed by atoms with Crippen LogP contribution in [0.5, 0.6) is 0 Å². The lowest BCUT2D eigenvalue weighted by Gasteiger charge is -2.11. The van der Waals surface area contributed by atoms with Crippen molar-refractivity contribution in [1.82, 2.24) is 9.78 Å². The summed E-state index contributed by atoms with van der Waals surface area (Å²) < 4.78 is 1.98. The van der Waals surface area contributed by atoms with Gasteiger partial charge in [-0.1, -0.05) is 36.9 Å². The summed E-state index contributed by atoms with van der Waals surface area (Å²) in [6.45, 7) is 6.34. The van der Waals surface area contributed by atoms with Gasteiger partial charge in [-0.25, -0.2) is 0 Å². The highest BCUT2D eigenvalue weighted by Gasteiger charge is 2.17. The minimum Gasteiger partial charge on any atom is -0.327 e. The van der Waals surface area contributed by atoms with Crippen molar-refractivity contribution in [3.63, 3.8) is 0 Å². The maximum atomic E-state index is 6.13. The Hall–Kier alpha value is -1.26. The van der Waals surface area contributed by atoms with Gasteiger partial charge in [-0.15, -0.1) is 0 Å². The van der Waals surface area contributed by atoms with Gasteiger partial charge in [0.15, 0.2) is 0 Å². The van der Waals surface area contributed by atoms with Gasteiger partial charge in [0, 0.05) is 23.5 Å². The summed E-state index contributed by atoms with van der Waals surface area (Å²) in [7, 11) is 2.01. The number of nitrogens with zero attached hydrogens (tertiary/aromatic N) is 2. The minimum atomic E-state index is 0.203. The van der Waals surface area contributed by atoms with Gasteiger partial charge in [0.2, 0.25) is 0 Å². The molecule has 0 saturated heterocycles. The molecule has 1 aromatic heterocycles. The number of nitrogens with two attached hydrogens (primary N) is 1. The number of hydrogen-bond acceptors (Lipinski definition) is 3. The molecule has 0 aliphatic rings. The predicted octanol–water partition coefficient (Wildman–Crippen LogP) is 3.47. The van der Waals surface area contributed by atoms with Crippen molar-refractivity contribution in [2.24, 2.45) is 12.8 Å². The molecule has 3 nitrogen and oxygen atoms in total. The molecule has 20 heavy (non-hydrogen) atoms. The second kappa shape index (κ2) is 6.46. The first kappa shape index (κ1) is 15.1. The fourth-order valence-corrected chi connectivity index (χ4v) is 3.34. The van der Waals surface area contributed by atoms with Crippen LogP contribution in [-0.4, -0.2) is 15.8 Å². The smallest absolute Gasteiger partial charge is 0.102 e. The zero-order valence-corrected chi connectivity index (χ0v) is 13.5. The quantitative estimate of drug-likeness (QED) is 0.916. The molecule has 0 aliphatic heterocycles. The Balaban J connectivity index is 2.34. The Kier molecular flexibility index (Phi) is 4.89. The molecule has 1 heterocycles.